The Kier molecular flexibility index (Phi) is 12.0. The summed E-state index contributed by atoms with van der Waals surface area (Å²) in [5.41, 5.74) is 1.31. The van der Waals surface area contributed by atoms with Crippen LogP contribution in [0.15, 0.2) is 72.4 Å². The number of hydrogen-bond donors (Lipinski definition) is 3. The molecule has 1 aromatic carbocycles. The van der Waals surface area contributed by atoms with Crippen LogP contribution in [0.25, 0.3) is 0 Å². The van der Waals surface area contributed by atoms with Crippen molar-refractivity contribution in [2.75, 3.05) is 6.61 Å². The molecule has 0 spiro atoms. The van der Waals surface area contributed by atoms with Crippen molar-refractivity contribution >= 4 is 29.4 Å². The van der Waals surface area contributed by atoms with Crippen LogP contribution in [0.4, 0.5) is 9.59 Å². The normalized spacial score (nSPS) is 12.6. The zero-order valence-corrected chi connectivity index (χ0v) is 24.0. The summed E-state index contributed by atoms with van der Waals surface area (Å²) in [5, 5.41) is 10.5. The van der Waals surface area contributed by atoms with E-state index in [1.165, 1.54) is 0 Å². The molecule has 2 atom stereocenters. The van der Waals surface area contributed by atoms with E-state index in [1.807, 2.05) is 60.0 Å². The molecule has 0 bridgehead atoms. The van der Waals surface area contributed by atoms with Crippen molar-refractivity contribution in [3.63, 3.8) is 0 Å². The zero-order chi connectivity index (χ0) is 28.8. The first-order valence-electron chi connectivity index (χ1n) is 13.4. The summed E-state index contributed by atoms with van der Waals surface area (Å²) in [4.78, 5) is 43.1. The van der Waals surface area contributed by atoms with Gasteiger partial charge in [0.15, 0.2) is 0 Å². The highest BCUT2D eigenvalue weighted by Gasteiger charge is 2.27. The number of nitrogens with zero attached hydrogens (tertiary/aromatic N) is 1. The van der Waals surface area contributed by atoms with Gasteiger partial charge in [-0.3, -0.25) is 9.78 Å². The maximum absolute atomic E-state index is 13.4. The van der Waals surface area contributed by atoms with Gasteiger partial charge in [-0.25, -0.2) is 9.59 Å². The number of nitrogens with one attached hydrogen (secondary N) is 3. The molecule has 10 heteroatoms. The number of thiophene rings is 1. The van der Waals surface area contributed by atoms with Crippen molar-refractivity contribution in [2.45, 2.75) is 70.7 Å². The van der Waals surface area contributed by atoms with Crippen LogP contribution in [0.5, 0.6) is 0 Å². The molecule has 0 saturated carbocycles. The van der Waals surface area contributed by atoms with E-state index >= 15 is 0 Å². The van der Waals surface area contributed by atoms with Gasteiger partial charge in [0.2, 0.25) is 5.91 Å². The maximum atomic E-state index is 13.4. The number of aromatic nitrogens is 1. The van der Waals surface area contributed by atoms with Gasteiger partial charge in [0.25, 0.3) is 0 Å². The summed E-state index contributed by atoms with van der Waals surface area (Å²) in [6, 6.07) is 16.2. The summed E-state index contributed by atoms with van der Waals surface area (Å²) >= 11 is 1.56. The minimum absolute atomic E-state index is 0.196. The first-order chi connectivity index (χ1) is 19.2. The fourth-order valence-electron chi connectivity index (χ4n) is 3.89. The number of ether oxygens (including phenoxy) is 2. The topological polar surface area (TPSA) is 119 Å². The number of carbonyl (C=O) groups is 3. The zero-order valence-electron chi connectivity index (χ0n) is 23.2. The third-order valence-electron chi connectivity index (χ3n) is 5.80. The van der Waals surface area contributed by atoms with E-state index in [9.17, 15) is 14.4 Å². The van der Waals surface area contributed by atoms with Gasteiger partial charge in [0.05, 0.1) is 12.6 Å². The highest BCUT2D eigenvalue weighted by Crippen LogP contribution is 2.23. The van der Waals surface area contributed by atoms with Crippen molar-refractivity contribution in [1.82, 2.24) is 20.9 Å². The molecule has 3 N–H and O–H groups in total. The number of rotatable bonds is 13. The van der Waals surface area contributed by atoms with Gasteiger partial charge in [-0.2, -0.15) is 0 Å². The second-order valence-corrected chi connectivity index (χ2v) is 11.3. The Morgan fingerprint density at radius 2 is 1.65 bits per heavy atom. The van der Waals surface area contributed by atoms with Crippen LogP contribution in [0.2, 0.25) is 0 Å². The quantitative estimate of drug-likeness (QED) is 0.234. The minimum atomic E-state index is -0.818. The van der Waals surface area contributed by atoms with Gasteiger partial charge in [0.1, 0.15) is 11.6 Å². The summed E-state index contributed by atoms with van der Waals surface area (Å²) in [7, 11) is 0. The molecule has 214 valence electrons. The molecule has 3 rings (SSSR count). The standard InChI is InChI=1S/C30H38N4O5S/c1-30(2,3)39-29(37)34-24(12-7-8-18-38-28(36)32-21-23-10-5-4-6-11-23)27(35)33-25(26-13-9-19-40-26)20-22-14-16-31-17-15-22/h4-6,9-11,13-17,19,24-25H,7-8,12,18,20-21H2,1-3H3,(H,32,36)(H,33,35)(H,34,37)/t24-,25-/m0/s1. The Hall–Kier alpha value is -3.92. The summed E-state index contributed by atoms with van der Waals surface area (Å²) in [5.74, 6) is -0.306. The fraction of sp³-hybridized carbons (Fsp3) is 0.400. The average molecular weight is 567 g/mol. The molecule has 0 unspecified atom stereocenters. The molecular formula is C30H38N4O5S. The third-order valence-corrected chi connectivity index (χ3v) is 6.79. The van der Waals surface area contributed by atoms with Crippen molar-refractivity contribution in [2.24, 2.45) is 0 Å². The lowest BCUT2D eigenvalue weighted by Crippen LogP contribution is -2.49. The fourth-order valence-corrected chi connectivity index (χ4v) is 4.67. The Morgan fingerprint density at radius 3 is 2.33 bits per heavy atom. The third kappa shape index (κ3) is 11.4. The van der Waals surface area contributed by atoms with Gasteiger partial charge < -0.3 is 25.4 Å². The molecule has 0 fully saturated rings. The molecule has 2 aromatic heterocycles. The largest absolute Gasteiger partial charge is 0.450 e. The molecule has 0 aliphatic heterocycles. The van der Waals surface area contributed by atoms with Crippen LogP contribution in [-0.2, 0) is 27.2 Å². The lowest BCUT2D eigenvalue weighted by molar-refractivity contribution is -0.124. The molecular weight excluding hydrogens is 528 g/mol. The van der Waals surface area contributed by atoms with Gasteiger partial charge in [-0.15, -0.1) is 11.3 Å². The Labute approximate surface area is 239 Å². The molecule has 0 aliphatic rings. The lowest BCUT2D eigenvalue weighted by Gasteiger charge is -2.25. The lowest BCUT2D eigenvalue weighted by atomic mass is 10.0. The van der Waals surface area contributed by atoms with E-state index in [1.54, 1.807) is 44.5 Å². The number of carbonyl (C=O) groups excluding carboxylic acids is 3. The van der Waals surface area contributed by atoms with Crippen LogP contribution in [0, 0.1) is 0 Å². The number of pyridine rings is 1. The summed E-state index contributed by atoms with van der Waals surface area (Å²) in [6.45, 7) is 5.88. The number of benzene rings is 1. The van der Waals surface area contributed by atoms with Crippen LogP contribution >= 0.6 is 11.3 Å². The average Bonchev–Trinajstić information content (AvgIpc) is 3.46. The van der Waals surface area contributed by atoms with E-state index in [2.05, 4.69) is 20.9 Å². The van der Waals surface area contributed by atoms with E-state index in [0.717, 1.165) is 16.0 Å². The minimum Gasteiger partial charge on any atom is -0.450 e. The number of amides is 3. The summed E-state index contributed by atoms with van der Waals surface area (Å²) < 4.78 is 10.7. The maximum Gasteiger partial charge on any atom is 0.408 e. The SMILES string of the molecule is CC(C)(C)OC(=O)N[C@@H](CCCCOC(=O)NCc1ccccc1)C(=O)N[C@@H](Cc1ccncc1)c1cccs1. The van der Waals surface area contributed by atoms with Crippen LogP contribution < -0.4 is 16.0 Å². The van der Waals surface area contributed by atoms with Gasteiger partial charge in [-0.05, 0) is 81.2 Å². The number of alkyl carbamates (subject to hydrolysis) is 2. The molecule has 3 aromatic rings. The van der Waals surface area contributed by atoms with Crippen molar-refractivity contribution in [3.8, 4) is 0 Å². The molecule has 2 heterocycles. The molecule has 0 aliphatic carbocycles. The monoisotopic (exact) mass is 566 g/mol. The van der Waals surface area contributed by atoms with Crippen molar-refractivity contribution in [3.05, 3.63) is 88.4 Å². The van der Waals surface area contributed by atoms with Crippen LogP contribution in [0.3, 0.4) is 0 Å². The van der Waals surface area contributed by atoms with Crippen molar-refractivity contribution in [1.29, 1.82) is 0 Å². The second-order valence-electron chi connectivity index (χ2n) is 10.3. The van der Waals surface area contributed by atoms with Crippen LogP contribution in [-0.4, -0.2) is 41.3 Å². The smallest absolute Gasteiger partial charge is 0.408 e. The first kappa shape index (κ1) is 30.6. The predicted molar refractivity (Wildman–Crippen MR) is 155 cm³/mol. The molecule has 9 nitrogen and oxygen atoms in total. The van der Waals surface area contributed by atoms with E-state index < -0.39 is 23.8 Å². The second kappa shape index (κ2) is 15.6. The Balaban J connectivity index is 1.55. The Morgan fingerprint density at radius 1 is 0.900 bits per heavy atom. The number of unbranched alkanes of at least 4 members (excludes halogenated alkanes) is 1. The van der Waals surface area contributed by atoms with Crippen LogP contribution in [0.1, 0.15) is 62.1 Å². The first-order valence-corrected chi connectivity index (χ1v) is 14.2. The van der Waals surface area contributed by atoms with E-state index in [4.69, 9.17) is 9.47 Å². The van der Waals surface area contributed by atoms with Crippen molar-refractivity contribution < 1.29 is 23.9 Å². The van der Waals surface area contributed by atoms with E-state index in [-0.39, 0.29) is 18.6 Å². The predicted octanol–water partition coefficient (Wildman–Crippen LogP) is 5.53. The van der Waals surface area contributed by atoms with Gasteiger partial charge in [-0.1, -0.05) is 36.4 Å². The molecule has 3 amide bonds. The molecule has 0 radical (unpaired) electrons. The molecule has 0 saturated heterocycles. The number of hydrogen-bond acceptors (Lipinski definition) is 7. The summed E-state index contributed by atoms with van der Waals surface area (Å²) in [6.07, 6.45) is 4.30. The Bertz CT molecular complexity index is 1180. The highest BCUT2D eigenvalue weighted by molar-refractivity contribution is 7.10. The highest BCUT2D eigenvalue weighted by atomic mass is 32.1. The molecule has 40 heavy (non-hydrogen) atoms. The van der Waals surface area contributed by atoms with E-state index in [0.29, 0.717) is 32.2 Å². The van der Waals surface area contributed by atoms with Gasteiger partial charge >= 0.3 is 12.2 Å². The van der Waals surface area contributed by atoms with Gasteiger partial charge in [0, 0.05) is 23.8 Å².